The Morgan fingerprint density at radius 1 is 1.29 bits per heavy atom. The zero-order valence-electron chi connectivity index (χ0n) is 10.6. The summed E-state index contributed by atoms with van der Waals surface area (Å²) in [5, 5.41) is 12.6. The van der Waals surface area contributed by atoms with Crippen LogP contribution in [0.15, 0.2) is 24.3 Å². The second kappa shape index (κ2) is 7.07. The molecule has 1 amide bonds. The average molecular weight is 235 g/mol. The van der Waals surface area contributed by atoms with E-state index in [0.29, 0.717) is 19.4 Å². The molecule has 2 N–H and O–H groups in total. The van der Waals surface area contributed by atoms with E-state index in [9.17, 15) is 9.90 Å². The van der Waals surface area contributed by atoms with Gasteiger partial charge in [0.25, 0.3) is 0 Å². The summed E-state index contributed by atoms with van der Waals surface area (Å²) in [7, 11) is 0. The minimum atomic E-state index is -0.552. The SMILES string of the molecule is CCNC(=O)CCC(O)c1ccc(CC)cc1. The van der Waals surface area contributed by atoms with E-state index in [0.717, 1.165) is 12.0 Å². The molecule has 94 valence electrons. The maximum absolute atomic E-state index is 11.3. The van der Waals surface area contributed by atoms with Crippen molar-refractivity contribution in [2.75, 3.05) is 6.54 Å². The number of nitrogens with one attached hydrogen (secondary N) is 1. The normalized spacial score (nSPS) is 12.2. The molecule has 0 radical (unpaired) electrons. The highest BCUT2D eigenvalue weighted by molar-refractivity contribution is 5.75. The molecule has 0 aliphatic carbocycles. The number of benzene rings is 1. The third-order valence-electron chi connectivity index (χ3n) is 2.79. The van der Waals surface area contributed by atoms with Gasteiger partial charge in [-0.15, -0.1) is 0 Å². The second-order valence-corrected chi connectivity index (χ2v) is 4.10. The number of aliphatic hydroxyl groups is 1. The molecule has 1 aromatic rings. The Hall–Kier alpha value is -1.35. The summed E-state index contributed by atoms with van der Waals surface area (Å²) in [6.45, 7) is 4.62. The van der Waals surface area contributed by atoms with Crippen molar-refractivity contribution in [3.8, 4) is 0 Å². The van der Waals surface area contributed by atoms with E-state index in [1.807, 2.05) is 31.2 Å². The Bertz CT molecular complexity index is 346. The highest BCUT2D eigenvalue weighted by Crippen LogP contribution is 2.18. The van der Waals surface area contributed by atoms with Crippen molar-refractivity contribution in [1.82, 2.24) is 5.32 Å². The number of aryl methyl sites for hydroxylation is 1. The Kier molecular flexibility index (Phi) is 5.70. The maximum atomic E-state index is 11.3. The van der Waals surface area contributed by atoms with Crippen molar-refractivity contribution in [3.05, 3.63) is 35.4 Å². The van der Waals surface area contributed by atoms with Crippen molar-refractivity contribution in [1.29, 1.82) is 0 Å². The van der Waals surface area contributed by atoms with Gasteiger partial charge in [-0.05, 0) is 30.9 Å². The van der Waals surface area contributed by atoms with Gasteiger partial charge in [0.2, 0.25) is 5.91 Å². The summed E-state index contributed by atoms with van der Waals surface area (Å²) in [5.41, 5.74) is 2.14. The first kappa shape index (κ1) is 13.7. The predicted octanol–water partition coefficient (Wildman–Crippen LogP) is 2.20. The Morgan fingerprint density at radius 3 is 2.47 bits per heavy atom. The number of rotatable bonds is 6. The molecule has 0 saturated carbocycles. The molecule has 0 aromatic heterocycles. The van der Waals surface area contributed by atoms with Gasteiger partial charge in [0.1, 0.15) is 0 Å². The predicted molar refractivity (Wildman–Crippen MR) is 68.7 cm³/mol. The first-order chi connectivity index (χ1) is 8.17. The molecular weight excluding hydrogens is 214 g/mol. The minimum Gasteiger partial charge on any atom is -0.388 e. The van der Waals surface area contributed by atoms with Crippen molar-refractivity contribution in [2.45, 2.75) is 39.2 Å². The highest BCUT2D eigenvalue weighted by atomic mass is 16.3. The first-order valence-electron chi connectivity index (χ1n) is 6.21. The zero-order valence-corrected chi connectivity index (χ0v) is 10.6. The van der Waals surface area contributed by atoms with Gasteiger partial charge in [-0.3, -0.25) is 4.79 Å². The second-order valence-electron chi connectivity index (χ2n) is 4.10. The molecule has 0 heterocycles. The van der Waals surface area contributed by atoms with Gasteiger partial charge >= 0.3 is 0 Å². The number of carbonyl (C=O) groups excluding carboxylic acids is 1. The molecule has 0 aliphatic rings. The molecule has 17 heavy (non-hydrogen) atoms. The van der Waals surface area contributed by atoms with Gasteiger partial charge in [0, 0.05) is 13.0 Å². The topological polar surface area (TPSA) is 49.3 Å². The fraction of sp³-hybridized carbons (Fsp3) is 0.500. The summed E-state index contributed by atoms with van der Waals surface area (Å²) < 4.78 is 0. The largest absolute Gasteiger partial charge is 0.388 e. The lowest BCUT2D eigenvalue weighted by Gasteiger charge is -2.11. The summed E-state index contributed by atoms with van der Waals surface area (Å²) >= 11 is 0. The van der Waals surface area contributed by atoms with E-state index in [2.05, 4.69) is 12.2 Å². The van der Waals surface area contributed by atoms with E-state index in [1.54, 1.807) is 0 Å². The van der Waals surface area contributed by atoms with Crippen LogP contribution in [-0.4, -0.2) is 17.6 Å². The van der Waals surface area contributed by atoms with Gasteiger partial charge < -0.3 is 10.4 Å². The van der Waals surface area contributed by atoms with Crippen LogP contribution in [0.4, 0.5) is 0 Å². The molecule has 3 heteroatoms. The minimum absolute atomic E-state index is 0.00303. The summed E-state index contributed by atoms with van der Waals surface area (Å²) in [6.07, 6.45) is 1.28. The lowest BCUT2D eigenvalue weighted by Crippen LogP contribution is -2.22. The van der Waals surface area contributed by atoms with Gasteiger partial charge in [-0.25, -0.2) is 0 Å². The molecule has 1 rings (SSSR count). The fourth-order valence-corrected chi connectivity index (χ4v) is 1.70. The smallest absolute Gasteiger partial charge is 0.220 e. The molecular formula is C14H21NO2. The van der Waals surface area contributed by atoms with Crippen LogP contribution in [0, 0.1) is 0 Å². The van der Waals surface area contributed by atoms with Crippen LogP contribution in [0.25, 0.3) is 0 Å². The van der Waals surface area contributed by atoms with Crippen LogP contribution in [0.2, 0.25) is 0 Å². The summed E-state index contributed by atoms with van der Waals surface area (Å²) in [5.74, 6) is -0.00303. The third-order valence-corrected chi connectivity index (χ3v) is 2.79. The molecule has 3 nitrogen and oxygen atoms in total. The van der Waals surface area contributed by atoms with E-state index in [1.165, 1.54) is 5.56 Å². The van der Waals surface area contributed by atoms with Crippen molar-refractivity contribution in [3.63, 3.8) is 0 Å². The van der Waals surface area contributed by atoms with Crippen molar-refractivity contribution >= 4 is 5.91 Å². The molecule has 0 aliphatic heterocycles. The Morgan fingerprint density at radius 2 is 1.94 bits per heavy atom. The van der Waals surface area contributed by atoms with Crippen LogP contribution in [0.1, 0.15) is 43.9 Å². The average Bonchev–Trinajstić information content (AvgIpc) is 2.36. The fourth-order valence-electron chi connectivity index (χ4n) is 1.70. The number of hydrogen-bond donors (Lipinski definition) is 2. The van der Waals surface area contributed by atoms with Crippen LogP contribution in [0.5, 0.6) is 0 Å². The van der Waals surface area contributed by atoms with E-state index >= 15 is 0 Å². The quantitative estimate of drug-likeness (QED) is 0.794. The van der Waals surface area contributed by atoms with Crippen LogP contribution in [0.3, 0.4) is 0 Å². The molecule has 0 spiro atoms. The van der Waals surface area contributed by atoms with Crippen LogP contribution < -0.4 is 5.32 Å². The zero-order chi connectivity index (χ0) is 12.7. The molecule has 0 fully saturated rings. The number of aliphatic hydroxyl groups excluding tert-OH is 1. The van der Waals surface area contributed by atoms with Gasteiger partial charge in [0.15, 0.2) is 0 Å². The Balaban J connectivity index is 2.46. The first-order valence-corrected chi connectivity index (χ1v) is 6.21. The molecule has 1 atom stereocenters. The Labute approximate surface area is 103 Å². The molecule has 1 unspecified atom stereocenters. The highest BCUT2D eigenvalue weighted by Gasteiger charge is 2.09. The number of carbonyl (C=O) groups is 1. The maximum Gasteiger partial charge on any atom is 0.220 e. The van der Waals surface area contributed by atoms with Crippen molar-refractivity contribution < 1.29 is 9.90 Å². The van der Waals surface area contributed by atoms with Gasteiger partial charge in [0.05, 0.1) is 6.10 Å². The summed E-state index contributed by atoms with van der Waals surface area (Å²) in [4.78, 5) is 11.3. The van der Waals surface area contributed by atoms with Gasteiger partial charge in [-0.1, -0.05) is 31.2 Å². The lowest BCUT2D eigenvalue weighted by molar-refractivity contribution is -0.121. The monoisotopic (exact) mass is 235 g/mol. The lowest BCUT2D eigenvalue weighted by atomic mass is 10.0. The molecule has 0 bridgehead atoms. The van der Waals surface area contributed by atoms with Crippen LogP contribution >= 0.6 is 0 Å². The van der Waals surface area contributed by atoms with Crippen molar-refractivity contribution in [2.24, 2.45) is 0 Å². The number of amides is 1. The molecule has 1 aromatic carbocycles. The van der Waals surface area contributed by atoms with E-state index in [-0.39, 0.29) is 5.91 Å². The summed E-state index contributed by atoms with van der Waals surface area (Å²) in [6, 6.07) is 7.90. The van der Waals surface area contributed by atoms with E-state index < -0.39 is 6.10 Å². The standard InChI is InChI=1S/C14H21NO2/c1-3-11-5-7-12(8-6-11)13(16)9-10-14(17)15-4-2/h5-8,13,16H,3-4,9-10H2,1-2H3,(H,15,17). The van der Waals surface area contributed by atoms with E-state index in [4.69, 9.17) is 0 Å². The van der Waals surface area contributed by atoms with Gasteiger partial charge in [-0.2, -0.15) is 0 Å². The molecule has 0 saturated heterocycles. The van der Waals surface area contributed by atoms with Crippen LogP contribution in [-0.2, 0) is 11.2 Å². The third kappa shape index (κ3) is 4.57. The number of hydrogen-bond acceptors (Lipinski definition) is 2.